The van der Waals surface area contributed by atoms with Crippen LogP contribution in [0.3, 0.4) is 0 Å². The molecule has 0 unspecified atom stereocenters. The molecule has 0 bridgehead atoms. The Hall–Kier alpha value is -2.18. The number of hydrogen-bond acceptors (Lipinski definition) is 5. The van der Waals surface area contributed by atoms with Gasteiger partial charge in [0.15, 0.2) is 5.58 Å². The molecule has 3 aromatic rings. The quantitative estimate of drug-likeness (QED) is 0.736. The molecule has 1 aliphatic heterocycles. The van der Waals surface area contributed by atoms with Crippen LogP contribution < -0.4 is 0 Å². The van der Waals surface area contributed by atoms with Crippen LogP contribution in [0.1, 0.15) is 5.89 Å². The molecule has 1 atom stereocenters. The third-order valence-corrected chi connectivity index (χ3v) is 3.87. The molecule has 3 heterocycles. The molecular formula is C16H18N4O2. The van der Waals surface area contributed by atoms with Gasteiger partial charge >= 0.3 is 0 Å². The maximum Gasteiger partial charge on any atom is 0.209 e. The van der Waals surface area contributed by atoms with Gasteiger partial charge in [-0.15, -0.1) is 0 Å². The van der Waals surface area contributed by atoms with Crippen molar-refractivity contribution >= 4 is 11.1 Å². The van der Waals surface area contributed by atoms with Crippen molar-refractivity contribution in [2.24, 2.45) is 0 Å². The van der Waals surface area contributed by atoms with Crippen LogP contribution in [0.2, 0.25) is 0 Å². The Kier molecular flexibility index (Phi) is 3.62. The molecule has 6 nitrogen and oxygen atoms in total. The highest BCUT2D eigenvalue weighted by Crippen LogP contribution is 2.17. The van der Waals surface area contributed by atoms with Crippen molar-refractivity contribution in [2.45, 2.75) is 19.2 Å². The third kappa shape index (κ3) is 2.88. The number of hydrogen-bond donors (Lipinski definition) is 0. The van der Waals surface area contributed by atoms with E-state index in [0.29, 0.717) is 6.54 Å². The zero-order chi connectivity index (χ0) is 14.8. The van der Waals surface area contributed by atoms with Crippen LogP contribution in [0.4, 0.5) is 0 Å². The normalized spacial score (nSPS) is 19.7. The lowest BCUT2D eigenvalue weighted by Crippen LogP contribution is -2.43. The van der Waals surface area contributed by atoms with Gasteiger partial charge in [-0.2, -0.15) is 5.10 Å². The van der Waals surface area contributed by atoms with Gasteiger partial charge in [-0.05, 0) is 18.2 Å². The van der Waals surface area contributed by atoms with Gasteiger partial charge in [-0.1, -0.05) is 12.1 Å². The van der Waals surface area contributed by atoms with Gasteiger partial charge in [0.2, 0.25) is 5.89 Å². The molecule has 0 saturated carbocycles. The molecule has 6 heteroatoms. The number of para-hydroxylation sites is 2. The highest BCUT2D eigenvalue weighted by Gasteiger charge is 2.22. The smallest absolute Gasteiger partial charge is 0.209 e. The highest BCUT2D eigenvalue weighted by molar-refractivity contribution is 5.72. The minimum absolute atomic E-state index is 0.151. The summed E-state index contributed by atoms with van der Waals surface area (Å²) in [6, 6.07) is 9.79. The molecule has 0 aliphatic carbocycles. The van der Waals surface area contributed by atoms with E-state index in [0.717, 1.165) is 43.2 Å². The molecule has 22 heavy (non-hydrogen) atoms. The minimum atomic E-state index is 0.151. The molecule has 0 N–H and O–H groups in total. The molecule has 4 rings (SSSR count). The Labute approximate surface area is 128 Å². The first-order chi connectivity index (χ1) is 10.9. The lowest BCUT2D eigenvalue weighted by molar-refractivity contribution is -0.0421. The second kappa shape index (κ2) is 5.90. The molecule has 1 aromatic carbocycles. The molecule has 0 amide bonds. The summed E-state index contributed by atoms with van der Waals surface area (Å²) in [6.45, 7) is 3.98. The molecule has 0 spiro atoms. The number of ether oxygens (including phenoxy) is 1. The lowest BCUT2D eigenvalue weighted by Gasteiger charge is -2.31. The van der Waals surface area contributed by atoms with Gasteiger partial charge in [0, 0.05) is 25.5 Å². The Morgan fingerprint density at radius 1 is 1.23 bits per heavy atom. The van der Waals surface area contributed by atoms with Crippen molar-refractivity contribution in [3.8, 4) is 0 Å². The Morgan fingerprint density at radius 2 is 2.18 bits per heavy atom. The largest absolute Gasteiger partial charge is 0.439 e. The zero-order valence-electron chi connectivity index (χ0n) is 12.3. The fraction of sp³-hybridized carbons (Fsp3) is 0.375. The number of morpholine rings is 1. The second-order valence-corrected chi connectivity index (χ2v) is 5.53. The first-order valence-electron chi connectivity index (χ1n) is 7.53. The van der Waals surface area contributed by atoms with Crippen LogP contribution >= 0.6 is 0 Å². The first kappa shape index (κ1) is 13.5. The summed E-state index contributed by atoms with van der Waals surface area (Å²) in [5.41, 5.74) is 1.76. The SMILES string of the molecule is c1ccc2oc(CN3CCO[C@@H](Cn4cccn4)C3)nc2c1. The average molecular weight is 298 g/mol. The summed E-state index contributed by atoms with van der Waals surface area (Å²) >= 11 is 0. The van der Waals surface area contributed by atoms with Crippen LogP contribution in [0, 0.1) is 0 Å². The van der Waals surface area contributed by atoms with Crippen molar-refractivity contribution < 1.29 is 9.15 Å². The summed E-state index contributed by atoms with van der Waals surface area (Å²) in [7, 11) is 0. The van der Waals surface area contributed by atoms with E-state index in [1.807, 2.05) is 41.2 Å². The fourth-order valence-electron chi connectivity index (χ4n) is 2.83. The van der Waals surface area contributed by atoms with Gasteiger partial charge in [0.25, 0.3) is 0 Å². The topological polar surface area (TPSA) is 56.3 Å². The average Bonchev–Trinajstić information content (AvgIpc) is 3.16. The molecular weight excluding hydrogens is 280 g/mol. The fourth-order valence-corrected chi connectivity index (χ4v) is 2.83. The van der Waals surface area contributed by atoms with E-state index < -0.39 is 0 Å². The van der Waals surface area contributed by atoms with E-state index in [2.05, 4.69) is 15.0 Å². The number of benzene rings is 1. The van der Waals surface area contributed by atoms with E-state index in [-0.39, 0.29) is 6.10 Å². The lowest BCUT2D eigenvalue weighted by atomic mass is 10.2. The number of fused-ring (bicyclic) bond motifs is 1. The minimum Gasteiger partial charge on any atom is -0.439 e. The van der Waals surface area contributed by atoms with Crippen molar-refractivity contribution in [2.75, 3.05) is 19.7 Å². The number of aromatic nitrogens is 3. The monoisotopic (exact) mass is 298 g/mol. The molecule has 1 fully saturated rings. The molecule has 1 aliphatic rings. The number of rotatable bonds is 4. The molecule has 114 valence electrons. The van der Waals surface area contributed by atoms with Gasteiger partial charge in [-0.3, -0.25) is 9.58 Å². The Morgan fingerprint density at radius 3 is 3.05 bits per heavy atom. The van der Waals surface area contributed by atoms with Crippen molar-refractivity contribution in [1.29, 1.82) is 0 Å². The molecule has 2 aromatic heterocycles. The van der Waals surface area contributed by atoms with Crippen LogP contribution in [-0.2, 0) is 17.8 Å². The van der Waals surface area contributed by atoms with Crippen LogP contribution in [0.25, 0.3) is 11.1 Å². The maximum atomic E-state index is 5.82. The summed E-state index contributed by atoms with van der Waals surface area (Å²) < 4.78 is 13.5. The van der Waals surface area contributed by atoms with Crippen molar-refractivity contribution in [1.82, 2.24) is 19.7 Å². The molecule has 0 radical (unpaired) electrons. The predicted molar refractivity (Wildman–Crippen MR) is 81.3 cm³/mol. The van der Waals surface area contributed by atoms with Crippen LogP contribution in [0.5, 0.6) is 0 Å². The highest BCUT2D eigenvalue weighted by atomic mass is 16.5. The summed E-state index contributed by atoms with van der Waals surface area (Å²) in [5, 5.41) is 4.24. The Bertz CT molecular complexity index is 705. The van der Waals surface area contributed by atoms with E-state index >= 15 is 0 Å². The van der Waals surface area contributed by atoms with Crippen molar-refractivity contribution in [3.05, 3.63) is 48.6 Å². The van der Waals surface area contributed by atoms with Gasteiger partial charge < -0.3 is 9.15 Å². The first-order valence-corrected chi connectivity index (χ1v) is 7.53. The predicted octanol–water partition coefficient (Wildman–Crippen LogP) is 1.93. The van der Waals surface area contributed by atoms with E-state index in [4.69, 9.17) is 9.15 Å². The van der Waals surface area contributed by atoms with Gasteiger partial charge in [-0.25, -0.2) is 4.98 Å². The Balaban J connectivity index is 1.41. The van der Waals surface area contributed by atoms with Gasteiger partial charge in [0.05, 0.1) is 25.8 Å². The summed E-state index contributed by atoms with van der Waals surface area (Å²) in [4.78, 5) is 6.86. The summed E-state index contributed by atoms with van der Waals surface area (Å²) in [6.07, 6.45) is 3.90. The maximum absolute atomic E-state index is 5.82. The summed E-state index contributed by atoms with van der Waals surface area (Å²) in [5.74, 6) is 0.765. The van der Waals surface area contributed by atoms with E-state index in [1.165, 1.54) is 0 Å². The second-order valence-electron chi connectivity index (χ2n) is 5.53. The van der Waals surface area contributed by atoms with Crippen LogP contribution in [0.15, 0.2) is 47.1 Å². The van der Waals surface area contributed by atoms with E-state index in [9.17, 15) is 0 Å². The van der Waals surface area contributed by atoms with Gasteiger partial charge in [0.1, 0.15) is 5.52 Å². The van der Waals surface area contributed by atoms with Crippen molar-refractivity contribution in [3.63, 3.8) is 0 Å². The number of oxazole rings is 1. The third-order valence-electron chi connectivity index (χ3n) is 3.87. The van der Waals surface area contributed by atoms with E-state index in [1.54, 1.807) is 6.20 Å². The number of nitrogens with zero attached hydrogens (tertiary/aromatic N) is 4. The standard InChI is InChI=1S/C16H18N4O2/c1-2-5-15-14(4-1)18-16(22-15)12-19-8-9-21-13(10-19)11-20-7-3-6-17-20/h1-7,13H,8-12H2/t13-/m1/s1. The zero-order valence-corrected chi connectivity index (χ0v) is 12.3. The molecule has 1 saturated heterocycles. The van der Waals surface area contributed by atoms with Crippen LogP contribution in [-0.4, -0.2) is 45.5 Å².